The van der Waals surface area contributed by atoms with Crippen molar-refractivity contribution in [3.63, 3.8) is 0 Å². The second kappa shape index (κ2) is 6.14. The third-order valence-electron chi connectivity index (χ3n) is 3.16. The number of ether oxygens (including phenoxy) is 1. The minimum Gasteiger partial charge on any atom is -0.379 e. The highest BCUT2D eigenvalue weighted by Crippen LogP contribution is 2.09. The monoisotopic (exact) mass is 238 g/mol. The number of hydrogen-bond donors (Lipinski definition) is 2. The molecule has 1 saturated heterocycles. The molecule has 0 spiro atoms. The molecule has 1 aliphatic heterocycles. The van der Waals surface area contributed by atoms with E-state index in [1.807, 2.05) is 6.07 Å². The summed E-state index contributed by atoms with van der Waals surface area (Å²) in [6, 6.07) is 2.79. The molecule has 1 fully saturated rings. The van der Waals surface area contributed by atoms with Gasteiger partial charge in [0, 0.05) is 37.9 Å². The number of aromatic nitrogens is 2. The zero-order valence-corrected chi connectivity index (χ0v) is 10.6. The molecule has 2 N–H and O–H groups in total. The summed E-state index contributed by atoms with van der Waals surface area (Å²) >= 11 is 0. The molecule has 1 aliphatic rings. The zero-order valence-electron chi connectivity index (χ0n) is 10.6. The van der Waals surface area contributed by atoms with Crippen molar-refractivity contribution in [1.29, 1.82) is 0 Å². The van der Waals surface area contributed by atoms with Crippen molar-refractivity contribution in [3.8, 4) is 0 Å². The molecular formula is C12H22N4O. The molecule has 2 heterocycles. The van der Waals surface area contributed by atoms with Crippen LogP contribution < -0.4 is 5.32 Å². The smallest absolute Gasteiger partial charge is 0.0594 e. The Balaban J connectivity index is 1.74. The lowest BCUT2D eigenvalue weighted by molar-refractivity contribution is 0.0339. The van der Waals surface area contributed by atoms with Crippen molar-refractivity contribution in [1.82, 2.24) is 20.4 Å². The van der Waals surface area contributed by atoms with Gasteiger partial charge in [0.05, 0.1) is 18.9 Å². The van der Waals surface area contributed by atoms with Gasteiger partial charge in [0.1, 0.15) is 0 Å². The van der Waals surface area contributed by atoms with Gasteiger partial charge in [-0.3, -0.25) is 10.00 Å². The van der Waals surface area contributed by atoms with Crippen LogP contribution in [-0.4, -0.2) is 54.0 Å². The molecule has 0 radical (unpaired) electrons. The van der Waals surface area contributed by atoms with E-state index in [9.17, 15) is 0 Å². The molecule has 0 aromatic carbocycles. The Kier molecular flexibility index (Phi) is 4.53. The van der Waals surface area contributed by atoms with Crippen LogP contribution in [0.5, 0.6) is 0 Å². The Morgan fingerprint density at radius 2 is 2.24 bits per heavy atom. The highest BCUT2D eigenvalue weighted by molar-refractivity contribution is 5.03. The molecule has 2 atom stereocenters. The van der Waals surface area contributed by atoms with E-state index in [0.29, 0.717) is 12.1 Å². The van der Waals surface area contributed by atoms with Crippen LogP contribution >= 0.6 is 0 Å². The van der Waals surface area contributed by atoms with E-state index in [-0.39, 0.29) is 0 Å². The Morgan fingerprint density at radius 3 is 2.88 bits per heavy atom. The number of hydrogen-bond acceptors (Lipinski definition) is 4. The van der Waals surface area contributed by atoms with Crippen molar-refractivity contribution in [3.05, 3.63) is 18.0 Å². The topological polar surface area (TPSA) is 53.2 Å². The van der Waals surface area contributed by atoms with Gasteiger partial charge in [0.2, 0.25) is 0 Å². The number of rotatable bonds is 5. The van der Waals surface area contributed by atoms with Gasteiger partial charge >= 0.3 is 0 Å². The van der Waals surface area contributed by atoms with Crippen molar-refractivity contribution in [2.75, 3.05) is 32.8 Å². The number of morpholine rings is 1. The summed E-state index contributed by atoms with van der Waals surface area (Å²) < 4.78 is 5.35. The third-order valence-corrected chi connectivity index (χ3v) is 3.16. The van der Waals surface area contributed by atoms with E-state index in [2.05, 4.69) is 34.3 Å². The van der Waals surface area contributed by atoms with E-state index in [1.165, 1.54) is 0 Å². The molecule has 96 valence electrons. The number of nitrogens with one attached hydrogen (secondary N) is 2. The third kappa shape index (κ3) is 3.80. The second-order valence-corrected chi connectivity index (χ2v) is 4.71. The van der Waals surface area contributed by atoms with Gasteiger partial charge in [-0.15, -0.1) is 0 Å². The van der Waals surface area contributed by atoms with E-state index in [4.69, 9.17) is 4.74 Å². The lowest BCUT2D eigenvalue weighted by atomic mass is 10.2. The number of nitrogens with zero attached hydrogens (tertiary/aromatic N) is 2. The summed E-state index contributed by atoms with van der Waals surface area (Å²) in [5.41, 5.74) is 1.14. The fourth-order valence-corrected chi connectivity index (χ4v) is 2.25. The molecule has 17 heavy (non-hydrogen) atoms. The van der Waals surface area contributed by atoms with Crippen LogP contribution in [0.3, 0.4) is 0 Å². The Bertz CT molecular complexity index is 308. The summed E-state index contributed by atoms with van der Waals surface area (Å²) in [6.07, 6.45) is 1.79. The number of H-pyrrole nitrogens is 1. The number of aromatic amines is 1. The average molecular weight is 238 g/mol. The average Bonchev–Trinajstić information content (AvgIpc) is 2.83. The summed E-state index contributed by atoms with van der Waals surface area (Å²) in [5, 5.41) is 10.5. The standard InChI is InChI=1S/C12H22N4O/c1-10(9-16-5-7-17-8-6-16)14-11(2)12-3-4-13-15-12/h3-4,10-11,14H,5-9H2,1-2H3,(H,13,15). The maximum absolute atomic E-state index is 5.35. The summed E-state index contributed by atoms with van der Waals surface area (Å²) in [7, 11) is 0. The fourth-order valence-electron chi connectivity index (χ4n) is 2.25. The molecule has 1 aromatic rings. The zero-order chi connectivity index (χ0) is 12.1. The predicted molar refractivity (Wildman–Crippen MR) is 66.9 cm³/mol. The van der Waals surface area contributed by atoms with E-state index >= 15 is 0 Å². The van der Waals surface area contributed by atoms with Gasteiger partial charge in [-0.1, -0.05) is 0 Å². The Morgan fingerprint density at radius 1 is 1.47 bits per heavy atom. The molecule has 5 nitrogen and oxygen atoms in total. The van der Waals surface area contributed by atoms with Crippen LogP contribution in [0.25, 0.3) is 0 Å². The van der Waals surface area contributed by atoms with Crippen LogP contribution in [0.1, 0.15) is 25.6 Å². The van der Waals surface area contributed by atoms with Gasteiger partial charge in [0.15, 0.2) is 0 Å². The molecule has 2 rings (SSSR count). The van der Waals surface area contributed by atoms with Gasteiger partial charge < -0.3 is 10.1 Å². The minimum absolute atomic E-state index is 0.313. The molecule has 0 aliphatic carbocycles. The van der Waals surface area contributed by atoms with Gasteiger partial charge in [-0.05, 0) is 19.9 Å². The van der Waals surface area contributed by atoms with Crippen molar-refractivity contribution >= 4 is 0 Å². The van der Waals surface area contributed by atoms with Crippen molar-refractivity contribution in [2.45, 2.75) is 25.9 Å². The largest absolute Gasteiger partial charge is 0.379 e. The van der Waals surface area contributed by atoms with Crippen LogP contribution in [0, 0.1) is 0 Å². The highest BCUT2D eigenvalue weighted by atomic mass is 16.5. The van der Waals surface area contributed by atoms with E-state index < -0.39 is 0 Å². The normalized spacial score (nSPS) is 21.3. The second-order valence-electron chi connectivity index (χ2n) is 4.71. The Labute approximate surface area is 103 Å². The highest BCUT2D eigenvalue weighted by Gasteiger charge is 2.15. The first kappa shape index (κ1) is 12.5. The summed E-state index contributed by atoms with van der Waals surface area (Å²) in [4.78, 5) is 2.45. The van der Waals surface area contributed by atoms with Crippen LogP contribution in [0.2, 0.25) is 0 Å². The molecule has 1 aromatic heterocycles. The lowest BCUT2D eigenvalue weighted by Gasteiger charge is -2.30. The summed E-state index contributed by atoms with van der Waals surface area (Å²) in [5.74, 6) is 0. The van der Waals surface area contributed by atoms with Crippen LogP contribution in [0.15, 0.2) is 12.3 Å². The predicted octanol–water partition coefficient (Wildman–Crippen LogP) is 0.781. The van der Waals surface area contributed by atoms with Crippen LogP contribution in [0.4, 0.5) is 0 Å². The molecule has 5 heteroatoms. The van der Waals surface area contributed by atoms with Crippen LogP contribution in [-0.2, 0) is 4.74 Å². The van der Waals surface area contributed by atoms with Gasteiger partial charge in [-0.25, -0.2) is 0 Å². The van der Waals surface area contributed by atoms with Gasteiger partial charge in [0.25, 0.3) is 0 Å². The van der Waals surface area contributed by atoms with E-state index in [1.54, 1.807) is 6.20 Å². The summed E-state index contributed by atoms with van der Waals surface area (Å²) in [6.45, 7) is 9.27. The molecular weight excluding hydrogens is 216 g/mol. The lowest BCUT2D eigenvalue weighted by Crippen LogP contribution is -2.45. The van der Waals surface area contributed by atoms with Crippen molar-refractivity contribution < 1.29 is 4.74 Å². The first-order chi connectivity index (χ1) is 8.25. The first-order valence-corrected chi connectivity index (χ1v) is 6.31. The van der Waals surface area contributed by atoms with E-state index in [0.717, 1.165) is 38.5 Å². The van der Waals surface area contributed by atoms with Gasteiger partial charge in [-0.2, -0.15) is 5.10 Å². The van der Waals surface area contributed by atoms with Crippen molar-refractivity contribution in [2.24, 2.45) is 0 Å². The maximum atomic E-state index is 5.35. The fraction of sp³-hybridized carbons (Fsp3) is 0.750. The SMILES string of the molecule is CC(CN1CCOCC1)NC(C)c1ccn[nH]1. The molecule has 0 saturated carbocycles. The molecule has 0 amide bonds. The minimum atomic E-state index is 0.313. The molecule has 0 bridgehead atoms. The first-order valence-electron chi connectivity index (χ1n) is 6.31. The molecule has 2 unspecified atom stereocenters. The maximum Gasteiger partial charge on any atom is 0.0594 e. The quantitative estimate of drug-likeness (QED) is 0.796. The Hall–Kier alpha value is -0.910.